The van der Waals surface area contributed by atoms with Crippen LogP contribution in [0.5, 0.6) is 0 Å². The van der Waals surface area contributed by atoms with Crippen LogP contribution in [0.4, 0.5) is 4.79 Å². The highest BCUT2D eigenvalue weighted by molar-refractivity contribution is 7.94. The highest BCUT2D eigenvalue weighted by Gasteiger charge is 2.52. The first-order chi connectivity index (χ1) is 19.4. The maximum atomic E-state index is 13.6. The molecular formula is C28H40N6O6S. The maximum Gasteiger partial charge on any atom is 0.408 e. The van der Waals surface area contributed by atoms with Gasteiger partial charge in [-0.05, 0) is 64.7 Å². The third kappa shape index (κ3) is 7.50. The summed E-state index contributed by atoms with van der Waals surface area (Å²) in [4.78, 5) is 51.0. The minimum Gasteiger partial charge on any atom is -0.444 e. The van der Waals surface area contributed by atoms with Crippen molar-refractivity contribution < 1.29 is 28.4 Å². The number of alkyl carbamates (subject to hydrolysis) is 1. The largest absolute Gasteiger partial charge is 0.444 e. The Kier molecular flexibility index (Phi) is 9.81. The van der Waals surface area contributed by atoms with Gasteiger partial charge in [-0.15, -0.1) is 9.32 Å². The van der Waals surface area contributed by atoms with Crippen LogP contribution in [0.3, 0.4) is 0 Å². The van der Waals surface area contributed by atoms with Crippen LogP contribution >= 0.6 is 12.0 Å². The summed E-state index contributed by atoms with van der Waals surface area (Å²) in [6.07, 6.45) is 1.30. The molecule has 1 N–H and O–H groups in total. The maximum absolute atomic E-state index is 13.6. The van der Waals surface area contributed by atoms with Gasteiger partial charge in [0.2, 0.25) is 11.8 Å². The summed E-state index contributed by atoms with van der Waals surface area (Å²) < 4.78 is 10.5. The normalized spacial score (nSPS) is 24.0. The van der Waals surface area contributed by atoms with Gasteiger partial charge in [0.1, 0.15) is 17.7 Å². The summed E-state index contributed by atoms with van der Waals surface area (Å²) in [6.45, 7) is 8.50. The third-order valence-electron chi connectivity index (χ3n) is 7.49. The predicted molar refractivity (Wildman–Crippen MR) is 151 cm³/mol. The molecule has 13 heteroatoms. The molecule has 2 bridgehead atoms. The fraction of sp³-hybridized carbons (Fsp3) is 0.643. The SMILES string of the molecule is C[C@@H](c1ccc(SOON(C)C)cc1)N1C(=O)[C@H]2C[C@@H]1CN2C[C@H](NC(=O)OC(C)(C)C)C(=O)N1CCC[C@H]1C#N. The first-order valence-corrected chi connectivity index (χ1v) is 14.7. The number of nitrogens with one attached hydrogen (secondary N) is 1. The van der Waals surface area contributed by atoms with Crippen LogP contribution in [-0.4, -0.2) is 101 Å². The first-order valence-electron chi connectivity index (χ1n) is 13.9. The number of fused-ring (bicyclic) bond motifs is 2. The molecule has 0 saturated carbocycles. The van der Waals surface area contributed by atoms with E-state index in [2.05, 4.69) is 11.4 Å². The number of carbonyl (C=O) groups is 3. The molecule has 0 radical (unpaired) electrons. The van der Waals surface area contributed by atoms with E-state index in [0.29, 0.717) is 25.9 Å². The van der Waals surface area contributed by atoms with E-state index in [1.165, 1.54) is 9.96 Å². The average Bonchev–Trinajstić information content (AvgIpc) is 3.61. The molecule has 1 aromatic carbocycles. The number of amides is 3. The molecule has 0 aliphatic carbocycles. The zero-order valence-corrected chi connectivity index (χ0v) is 25.3. The van der Waals surface area contributed by atoms with Crippen molar-refractivity contribution in [3.8, 4) is 6.07 Å². The molecule has 0 spiro atoms. The van der Waals surface area contributed by atoms with Crippen LogP contribution in [0.2, 0.25) is 0 Å². The Morgan fingerprint density at radius 3 is 2.56 bits per heavy atom. The van der Waals surface area contributed by atoms with Crippen molar-refractivity contribution in [1.29, 1.82) is 5.26 Å². The van der Waals surface area contributed by atoms with Crippen molar-refractivity contribution >= 4 is 30.0 Å². The Hall–Kier alpha value is -2.89. The summed E-state index contributed by atoms with van der Waals surface area (Å²) in [5.41, 5.74) is 0.274. The lowest BCUT2D eigenvalue weighted by Crippen LogP contribution is -2.59. The molecule has 3 aliphatic rings. The average molecular weight is 589 g/mol. The highest BCUT2D eigenvalue weighted by atomic mass is 32.2. The van der Waals surface area contributed by atoms with Crippen molar-refractivity contribution in [3.63, 3.8) is 0 Å². The third-order valence-corrected chi connectivity index (χ3v) is 8.09. The molecular weight excluding hydrogens is 548 g/mol. The molecule has 3 amide bonds. The van der Waals surface area contributed by atoms with Crippen LogP contribution < -0.4 is 5.32 Å². The van der Waals surface area contributed by atoms with E-state index in [0.717, 1.165) is 28.9 Å². The number of benzene rings is 1. The number of piperazine rings is 1. The fourth-order valence-electron chi connectivity index (χ4n) is 5.71. The van der Waals surface area contributed by atoms with E-state index in [1.54, 1.807) is 34.9 Å². The van der Waals surface area contributed by atoms with Gasteiger partial charge in [-0.1, -0.05) is 12.1 Å². The summed E-state index contributed by atoms with van der Waals surface area (Å²) in [5.74, 6) is -0.312. The monoisotopic (exact) mass is 588 g/mol. The molecule has 4 rings (SSSR count). The topological polar surface area (TPSA) is 128 Å². The van der Waals surface area contributed by atoms with E-state index in [9.17, 15) is 19.6 Å². The second-order valence-electron chi connectivity index (χ2n) is 11.9. The van der Waals surface area contributed by atoms with Crippen molar-refractivity contribution in [1.82, 2.24) is 25.1 Å². The molecule has 224 valence electrons. The van der Waals surface area contributed by atoms with Gasteiger partial charge in [0.05, 0.1) is 30.2 Å². The number of likely N-dealkylation sites (tertiary alicyclic amines) is 3. The molecule has 5 atom stereocenters. The van der Waals surface area contributed by atoms with Gasteiger partial charge in [0, 0.05) is 44.7 Å². The Morgan fingerprint density at radius 2 is 1.95 bits per heavy atom. The van der Waals surface area contributed by atoms with E-state index < -0.39 is 23.8 Å². The van der Waals surface area contributed by atoms with E-state index in [-0.39, 0.29) is 36.5 Å². The minimum atomic E-state index is -0.930. The number of hydrogen-bond donors (Lipinski definition) is 1. The molecule has 1 aromatic rings. The lowest BCUT2D eigenvalue weighted by atomic mass is 10.1. The number of carbonyl (C=O) groups excluding carboxylic acids is 3. The van der Waals surface area contributed by atoms with Gasteiger partial charge in [0.15, 0.2) is 0 Å². The summed E-state index contributed by atoms with van der Waals surface area (Å²) in [5, 5.41) is 13.7. The molecule has 3 fully saturated rings. The predicted octanol–water partition coefficient (Wildman–Crippen LogP) is 2.87. The summed E-state index contributed by atoms with van der Waals surface area (Å²) >= 11 is 1.10. The standard InChI is InChI=1S/C28H40N6O6S/c1-18(19-9-11-22(12-10-19)41-40-39-31(5)6)34-21-14-24(26(34)36)32(16-21)17-23(30-27(37)38-28(2,3)4)25(35)33-13-7-8-20(33)15-29/h9-12,18,20-21,23-24H,7-8,13-14,16-17H2,1-6H3,(H,30,37)/t18-,20-,21+,23-,24+/m0/s1. The second kappa shape index (κ2) is 13.0. The number of hydroxylamine groups is 2. The number of rotatable bonds is 10. The molecule has 41 heavy (non-hydrogen) atoms. The Labute approximate surface area is 245 Å². The lowest BCUT2D eigenvalue weighted by molar-refractivity contribution is -0.340. The zero-order chi connectivity index (χ0) is 29.9. The van der Waals surface area contributed by atoms with Crippen molar-refractivity contribution in [3.05, 3.63) is 29.8 Å². The van der Waals surface area contributed by atoms with Crippen molar-refractivity contribution in [2.75, 3.05) is 33.7 Å². The highest BCUT2D eigenvalue weighted by Crippen LogP contribution is 2.38. The smallest absolute Gasteiger partial charge is 0.408 e. The summed E-state index contributed by atoms with van der Waals surface area (Å²) in [6, 6.07) is 8.02. The van der Waals surface area contributed by atoms with Gasteiger partial charge in [-0.2, -0.15) is 10.3 Å². The second-order valence-corrected chi connectivity index (χ2v) is 12.7. The number of ether oxygens (including phenoxy) is 1. The number of hydrogen-bond acceptors (Lipinski definition) is 10. The van der Waals surface area contributed by atoms with E-state index >= 15 is 0 Å². The van der Waals surface area contributed by atoms with Crippen LogP contribution in [0.25, 0.3) is 0 Å². The van der Waals surface area contributed by atoms with Gasteiger partial charge in [0.25, 0.3) is 0 Å². The van der Waals surface area contributed by atoms with Gasteiger partial charge < -0.3 is 19.9 Å². The van der Waals surface area contributed by atoms with Crippen LogP contribution in [0, 0.1) is 11.3 Å². The zero-order valence-electron chi connectivity index (χ0n) is 24.5. The van der Waals surface area contributed by atoms with E-state index in [1.807, 2.05) is 41.0 Å². The number of nitriles is 1. The van der Waals surface area contributed by atoms with Gasteiger partial charge >= 0.3 is 6.09 Å². The Balaban J connectivity index is 1.41. The van der Waals surface area contributed by atoms with Crippen LogP contribution in [-0.2, 0) is 23.6 Å². The minimum absolute atomic E-state index is 0.00876. The summed E-state index contributed by atoms with van der Waals surface area (Å²) in [7, 11) is 3.45. The van der Waals surface area contributed by atoms with Gasteiger partial charge in [-0.3, -0.25) is 14.5 Å². The first kappa shape index (κ1) is 31.1. The van der Waals surface area contributed by atoms with Crippen molar-refractivity contribution in [2.45, 2.75) is 87.7 Å². The molecule has 3 aliphatic heterocycles. The quantitative estimate of drug-likeness (QED) is 0.248. The molecule has 0 aromatic heterocycles. The molecule has 3 saturated heterocycles. The van der Waals surface area contributed by atoms with Crippen LogP contribution in [0.15, 0.2) is 29.2 Å². The fourth-order valence-corrected chi connectivity index (χ4v) is 6.19. The molecule has 12 nitrogen and oxygen atoms in total. The van der Waals surface area contributed by atoms with E-state index in [4.69, 9.17) is 14.1 Å². The lowest BCUT2D eigenvalue weighted by Gasteiger charge is -2.39. The molecule has 0 unspecified atom stereocenters. The Morgan fingerprint density at radius 1 is 1.24 bits per heavy atom. The van der Waals surface area contributed by atoms with Crippen molar-refractivity contribution in [2.24, 2.45) is 0 Å². The Bertz CT molecular complexity index is 1150. The number of nitrogens with zero attached hydrogens (tertiary/aromatic N) is 5. The van der Waals surface area contributed by atoms with Crippen LogP contribution in [0.1, 0.15) is 58.6 Å². The molecule has 3 heterocycles. The van der Waals surface area contributed by atoms with Gasteiger partial charge in [-0.25, -0.2) is 4.79 Å².